The fourth-order valence-corrected chi connectivity index (χ4v) is 3.25. The zero-order valence-electron chi connectivity index (χ0n) is 10.5. The molecule has 0 saturated heterocycles. The summed E-state index contributed by atoms with van der Waals surface area (Å²) >= 11 is 4.86. The molecule has 0 aliphatic carbocycles. The maximum Gasteiger partial charge on any atom is 0.153 e. The van der Waals surface area contributed by atoms with Crippen molar-refractivity contribution in [3.8, 4) is 0 Å². The average Bonchev–Trinajstić information content (AvgIpc) is 2.92. The summed E-state index contributed by atoms with van der Waals surface area (Å²) in [4.78, 5) is 1.13. The fourth-order valence-electron chi connectivity index (χ4n) is 1.88. The molecule has 98 valence electrons. The maximum absolute atomic E-state index is 4.21. The summed E-state index contributed by atoms with van der Waals surface area (Å²) in [6.07, 6.45) is 1.99. The molecular formula is C10H15BrN6S. The molecule has 8 heteroatoms. The summed E-state index contributed by atoms with van der Waals surface area (Å²) in [6.45, 7) is 2.14. The zero-order valence-corrected chi connectivity index (χ0v) is 12.9. The molecule has 2 aromatic heterocycles. The second kappa shape index (κ2) is 5.85. The van der Waals surface area contributed by atoms with Crippen molar-refractivity contribution >= 4 is 27.5 Å². The van der Waals surface area contributed by atoms with Gasteiger partial charge in [-0.15, -0.1) is 10.2 Å². The van der Waals surface area contributed by atoms with Gasteiger partial charge in [-0.25, -0.2) is 4.68 Å². The second-order valence-electron chi connectivity index (χ2n) is 3.94. The van der Waals surface area contributed by atoms with E-state index >= 15 is 0 Å². The molecule has 0 fully saturated rings. The van der Waals surface area contributed by atoms with Crippen LogP contribution in [0.1, 0.15) is 35.7 Å². The highest BCUT2D eigenvalue weighted by atomic mass is 79.9. The van der Waals surface area contributed by atoms with Crippen molar-refractivity contribution in [3.63, 3.8) is 0 Å². The van der Waals surface area contributed by atoms with Gasteiger partial charge in [-0.05, 0) is 40.9 Å². The predicted molar refractivity (Wildman–Crippen MR) is 73.5 cm³/mol. The summed E-state index contributed by atoms with van der Waals surface area (Å²) in [5.74, 6) is 0. The summed E-state index contributed by atoms with van der Waals surface area (Å²) in [5.41, 5.74) is 2.04. The number of halogens is 1. The maximum atomic E-state index is 4.21. The monoisotopic (exact) mass is 330 g/mol. The predicted octanol–water partition coefficient (Wildman–Crippen LogP) is 1.69. The highest BCUT2D eigenvalue weighted by molar-refractivity contribution is 9.10. The zero-order chi connectivity index (χ0) is 13.1. The van der Waals surface area contributed by atoms with Crippen molar-refractivity contribution in [2.75, 3.05) is 7.05 Å². The van der Waals surface area contributed by atoms with Gasteiger partial charge < -0.3 is 5.32 Å². The van der Waals surface area contributed by atoms with Gasteiger partial charge in [0, 0.05) is 7.05 Å². The summed E-state index contributed by atoms with van der Waals surface area (Å²) < 4.78 is 6.58. The average molecular weight is 331 g/mol. The number of aryl methyl sites for hydroxylation is 2. The van der Waals surface area contributed by atoms with Crippen LogP contribution < -0.4 is 5.32 Å². The minimum absolute atomic E-state index is 0.0147. The molecule has 1 N–H and O–H groups in total. The Kier molecular flexibility index (Phi) is 4.41. The van der Waals surface area contributed by atoms with Crippen LogP contribution in [0, 0.1) is 0 Å². The molecule has 2 rings (SSSR count). The van der Waals surface area contributed by atoms with E-state index < -0.39 is 0 Å². The van der Waals surface area contributed by atoms with Crippen LogP contribution in [0.5, 0.6) is 0 Å². The molecule has 0 aliphatic rings. The summed E-state index contributed by atoms with van der Waals surface area (Å²) in [7, 11) is 3.80. The number of hydrogen-bond donors (Lipinski definition) is 1. The van der Waals surface area contributed by atoms with Crippen molar-refractivity contribution in [3.05, 3.63) is 20.9 Å². The first-order valence-corrected chi connectivity index (χ1v) is 7.29. The number of hydrogen-bond acceptors (Lipinski definition) is 6. The first-order chi connectivity index (χ1) is 8.69. The Morgan fingerprint density at radius 1 is 1.44 bits per heavy atom. The molecule has 2 heterocycles. The highest BCUT2D eigenvalue weighted by Gasteiger charge is 2.25. The normalized spacial score (nSPS) is 12.9. The van der Waals surface area contributed by atoms with Crippen LogP contribution in [-0.4, -0.2) is 31.6 Å². The topological polar surface area (TPSA) is 68.5 Å². The third-order valence-electron chi connectivity index (χ3n) is 2.72. The third-order valence-corrected chi connectivity index (χ3v) is 4.12. The SMILES string of the molecule is CCCc1nnsc1C(NC)c1c(Br)nnn1C. The van der Waals surface area contributed by atoms with Crippen LogP contribution in [0.4, 0.5) is 0 Å². The largest absolute Gasteiger partial charge is 0.307 e. The molecule has 0 radical (unpaired) electrons. The Morgan fingerprint density at radius 3 is 2.78 bits per heavy atom. The molecule has 1 atom stereocenters. The van der Waals surface area contributed by atoms with Gasteiger partial charge in [0.05, 0.1) is 22.3 Å². The summed E-state index contributed by atoms with van der Waals surface area (Å²) in [5, 5.41) is 15.5. The van der Waals surface area contributed by atoms with Crippen LogP contribution in [0.15, 0.2) is 4.60 Å². The van der Waals surface area contributed by atoms with Gasteiger partial charge in [-0.3, -0.25) is 0 Å². The molecule has 0 saturated carbocycles. The highest BCUT2D eigenvalue weighted by Crippen LogP contribution is 2.30. The van der Waals surface area contributed by atoms with Gasteiger partial charge in [0.25, 0.3) is 0 Å². The minimum atomic E-state index is 0.0147. The van der Waals surface area contributed by atoms with Crippen molar-refractivity contribution in [2.45, 2.75) is 25.8 Å². The minimum Gasteiger partial charge on any atom is -0.307 e. The van der Waals surface area contributed by atoms with E-state index in [-0.39, 0.29) is 6.04 Å². The van der Waals surface area contributed by atoms with Crippen molar-refractivity contribution in [2.24, 2.45) is 7.05 Å². The van der Waals surface area contributed by atoms with Crippen molar-refractivity contribution in [1.82, 2.24) is 29.9 Å². The van der Waals surface area contributed by atoms with Gasteiger partial charge in [-0.1, -0.05) is 23.0 Å². The van der Waals surface area contributed by atoms with E-state index in [1.54, 1.807) is 4.68 Å². The van der Waals surface area contributed by atoms with Gasteiger partial charge in [0.15, 0.2) is 4.60 Å². The van der Waals surface area contributed by atoms with Gasteiger partial charge in [0.2, 0.25) is 0 Å². The molecule has 1 unspecified atom stereocenters. The van der Waals surface area contributed by atoms with E-state index in [2.05, 4.69) is 48.1 Å². The Hall–Kier alpha value is -0.860. The van der Waals surface area contributed by atoms with E-state index in [9.17, 15) is 0 Å². The molecule has 2 aromatic rings. The molecule has 6 nitrogen and oxygen atoms in total. The standard InChI is InChI=1S/C10H15BrN6S/c1-4-5-6-9(18-16-13-6)7(12-2)8-10(11)14-15-17(8)3/h7,12H,4-5H2,1-3H3. The van der Waals surface area contributed by atoms with Crippen LogP contribution in [-0.2, 0) is 13.5 Å². The Morgan fingerprint density at radius 2 is 2.22 bits per heavy atom. The van der Waals surface area contributed by atoms with E-state index in [1.807, 2.05) is 14.1 Å². The Bertz CT molecular complexity index is 503. The molecule has 0 amide bonds. The van der Waals surface area contributed by atoms with E-state index in [0.717, 1.165) is 33.7 Å². The van der Waals surface area contributed by atoms with E-state index in [0.29, 0.717) is 0 Å². The number of aromatic nitrogens is 5. The first-order valence-electron chi connectivity index (χ1n) is 5.72. The number of nitrogens with zero attached hydrogens (tertiary/aromatic N) is 5. The summed E-state index contributed by atoms with van der Waals surface area (Å²) in [6, 6.07) is 0.0147. The number of nitrogens with one attached hydrogen (secondary N) is 1. The van der Waals surface area contributed by atoms with Gasteiger partial charge in [0.1, 0.15) is 0 Å². The van der Waals surface area contributed by atoms with E-state index in [4.69, 9.17) is 0 Å². The van der Waals surface area contributed by atoms with E-state index in [1.165, 1.54) is 11.5 Å². The lowest BCUT2D eigenvalue weighted by molar-refractivity contribution is 0.597. The van der Waals surface area contributed by atoms with Gasteiger partial charge >= 0.3 is 0 Å². The van der Waals surface area contributed by atoms with Crippen LogP contribution >= 0.6 is 27.5 Å². The third kappa shape index (κ3) is 2.45. The lowest BCUT2D eigenvalue weighted by Gasteiger charge is -2.15. The number of rotatable bonds is 5. The molecule has 0 aromatic carbocycles. The Labute approximate surface area is 118 Å². The molecule has 0 bridgehead atoms. The van der Waals surface area contributed by atoms with Crippen LogP contribution in [0.25, 0.3) is 0 Å². The second-order valence-corrected chi connectivity index (χ2v) is 5.48. The van der Waals surface area contributed by atoms with Crippen LogP contribution in [0.3, 0.4) is 0 Å². The first kappa shape index (κ1) is 13.6. The smallest absolute Gasteiger partial charge is 0.153 e. The Balaban J connectivity index is 2.42. The molecular weight excluding hydrogens is 316 g/mol. The lowest BCUT2D eigenvalue weighted by atomic mass is 10.1. The molecule has 18 heavy (non-hydrogen) atoms. The van der Waals surface area contributed by atoms with Crippen molar-refractivity contribution in [1.29, 1.82) is 0 Å². The van der Waals surface area contributed by atoms with Crippen molar-refractivity contribution < 1.29 is 0 Å². The molecule has 0 spiro atoms. The lowest BCUT2D eigenvalue weighted by Crippen LogP contribution is -2.21. The quantitative estimate of drug-likeness (QED) is 0.903. The van der Waals surface area contributed by atoms with Gasteiger partial charge in [-0.2, -0.15) is 0 Å². The fraction of sp³-hybridized carbons (Fsp3) is 0.600. The van der Waals surface area contributed by atoms with Crippen LogP contribution in [0.2, 0.25) is 0 Å². The molecule has 0 aliphatic heterocycles.